The largest absolute Gasteiger partial charge is 0.493 e. The zero-order valence-electron chi connectivity index (χ0n) is 11.1. The molecule has 1 heterocycles. The van der Waals surface area contributed by atoms with E-state index in [-0.39, 0.29) is 6.10 Å². The van der Waals surface area contributed by atoms with Crippen LogP contribution in [0.25, 0.3) is 0 Å². The molecule has 0 radical (unpaired) electrons. The second kappa shape index (κ2) is 5.96. The van der Waals surface area contributed by atoms with Crippen molar-refractivity contribution in [3.05, 3.63) is 18.2 Å². The predicted octanol–water partition coefficient (Wildman–Crippen LogP) is 2.19. The van der Waals surface area contributed by atoms with Gasteiger partial charge in [0.05, 0.1) is 7.11 Å². The maximum atomic E-state index is 5.99. The van der Waals surface area contributed by atoms with Gasteiger partial charge in [0.1, 0.15) is 6.10 Å². The lowest BCUT2D eigenvalue weighted by molar-refractivity contribution is 0.148. The van der Waals surface area contributed by atoms with Crippen molar-refractivity contribution >= 4 is 5.69 Å². The van der Waals surface area contributed by atoms with Crippen molar-refractivity contribution in [2.24, 2.45) is 0 Å². The summed E-state index contributed by atoms with van der Waals surface area (Å²) >= 11 is 0. The first-order valence-electron chi connectivity index (χ1n) is 6.54. The van der Waals surface area contributed by atoms with Gasteiger partial charge in [-0.25, -0.2) is 0 Å². The second-order valence-electron chi connectivity index (χ2n) is 4.79. The Morgan fingerprint density at radius 3 is 2.83 bits per heavy atom. The Kier molecular flexibility index (Phi) is 4.31. The van der Waals surface area contributed by atoms with Crippen LogP contribution in [-0.4, -0.2) is 25.8 Å². The number of hydrogen-bond acceptors (Lipinski definition) is 4. The smallest absolute Gasteiger partial charge is 0.163 e. The lowest BCUT2D eigenvalue weighted by Crippen LogP contribution is -2.44. The van der Waals surface area contributed by atoms with Gasteiger partial charge in [-0.2, -0.15) is 0 Å². The summed E-state index contributed by atoms with van der Waals surface area (Å²) in [6, 6.07) is 5.88. The average molecular weight is 250 g/mol. The Hall–Kier alpha value is -1.42. The molecule has 0 aliphatic carbocycles. The number of nitrogen functional groups attached to an aromatic ring is 1. The molecule has 1 aliphatic heterocycles. The van der Waals surface area contributed by atoms with Crippen molar-refractivity contribution < 1.29 is 9.47 Å². The minimum atomic E-state index is 0.112. The van der Waals surface area contributed by atoms with Crippen molar-refractivity contribution in [1.29, 1.82) is 0 Å². The highest BCUT2D eigenvalue weighted by molar-refractivity contribution is 5.52. The normalized spacial score (nSPS) is 21.3. The Balaban J connectivity index is 2.05. The van der Waals surface area contributed by atoms with Gasteiger partial charge in [-0.05, 0) is 38.4 Å². The van der Waals surface area contributed by atoms with Gasteiger partial charge in [0.15, 0.2) is 11.5 Å². The molecular formula is C14H22N2O2. The van der Waals surface area contributed by atoms with E-state index in [9.17, 15) is 0 Å². The Morgan fingerprint density at radius 2 is 2.17 bits per heavy atom. The molecule has 3 N–H and O–H groups in total. The molecule has 0 spiro atoms. The van der Waals surface area contributed by atoms with Gasteiger partial charge in [0, 0.05) is 17.8 Å². The van der Waals surface area contributed by atoms with Crippen molar-refractivity contribution in [2.75, 3.05) is 19.4 Å². The first-order valence-corrected chi connectivity index (χ1v) is 6.54. The fourth-order valence-electron chi connectivity index (χ4n) is 2.35. The van der Waals surface area contributed by atoms with E-state index in [1.807, 2.05) is 18.2 Å². The molecule has 100 valence electrons. The topological polar surface area (TPSA) is 56.5 Å². The summed E-state index contributed by atoms with van der Waals surface area (Å²) in [7, 11) is 1.64. The number of anilines is 1. The minimum Gasteiger partial charge on any atom is -0.493 e. The van der Waals surface area contributed by atoms with E-state index in [1.165, 1.54) is 12.8 Å². The summed E-state index contributed by atoms with van der Waals surface area (Å²) < 4.78 is 11.3. The molecule has 1 aliphatic rings. The van der Waals surface area contributed by atoms with Crippen LogP contribution in [0.15, 0.2) is 18.2 Å². The summed E-state index contributed by atoms with van der Waals surface area (Å²) in [5.41, 5.74) is 6.47. The Bertz CT molecular complexity index is 389. The lowest BCUT2D eigenvalue weighted by Gasteiger charge is -2.29. The van der Waals surface area contributed by atoms with Crippen molar-refractivity contribution in [2.45, 2.75) is 38.3 Å². The SMILES string of the molecule is COc1ccc(N)cc1OC(C)C1CCCCN1. The molecule has 18 heavy (non-hydrogen) atoms. The molecule has 0 amide bonds. The lowest BCUT2D eigenvalue weighted by atomic mass is 10.0. The van der Waals surface area contributed by atoms with Gasteiger partial charge in [-0.15, -0.1) is 0 Å². The van der Waals surface area contributed by atoms with Gasteiger partial charge in [0.25, 0.3) is 0 Å². The number of piperidine rings is 1. The number of methoxy groups -OCH3 is 1. The molecule has 2 rings (SSSR count). The van der Waals surface area contributed by atoms with Gasteiger partial charge in [-0.1, -0.05) is 6.42 Å². The standard InChI is InChI=1S/C14H22N2O2/c1-10(12-5-3-4-8-16-12)18-14-9-11(15)6-7-13(14)17-2/h6-7,9-10,12,16H,3-5,8,15H2,1-2H3. The molecule has 1 aromatic rings. The van der Waals surface area contributed by atoms with E-state index in [2.05, 4.69) is 12.2 Å². The van der Waals surface area contributed by atoms with E-state index >= 15 is 0 Å². The summed E-state index contributed by atoms with van der Waals surface area (Å²) in [5, 5.41) is 3.49. The maximum Gasteiger partial charge on any atom is 0.163 e. The number of benzene rings is 1. The molecule has 0 saturated carbocycles. The average Bonchev–Trinajstić information content (AvgIpc) is 2.40. The van der Waals surface area contributed by atoms with E-state index in [0.29, 0.717) is 11.7 Å². The van der Waals surface area contributed by atoms with Crippen LogP contribution in [0.4, 0.5) is 5.69 Å². The van der Waals surface area contributed by atoms with Crippen molar-refractivity contribution in [1.82, 2.24) is 5.32 Å². The monoisotopic (exact) mass is 250 g/mol. The third kappa shape index (κ3) is 3.07. The van der Waals surface area contributed by atoms with Crippen LogP contribution in [0.3, 0.4) is 0 Å². The fourth-order valence-corrected chi connectivity index (χ4v) is 2.35. The van der Waals surface area contributed by atoms with E-state index in [4.69, 9.17) is 15.2 Å². The van der Waals surface area contributed by atoms with Gasteiger partial charge >= 0.3 is 0 Å². The third-order valence-corrected chi connectivity index (χ3v) is 3.42. The van der Waals surface area contributed by atoms with Crippen LogP contribution in [0.2, 0.25) is 0 Å². The van der Waals surface area contributed by atoms with E-state index in [0.717, 1.165) is 24.5 Å². The molecule has 4 heteroatoms. The van der Waals surface area contributed by atoms with Crippen molar-refractivity contribution in [3.8, 4) is 11.5 Å². The van der Waals surface area contributed by atoms with Crippen LogP contribution in [-0.2, 0) is 0 Å². The number of rotatable bonds is 4. The molecule has 1 aromatic carbocycles. The van der Waals surface area contributed by atoms with Gasteiger partial charge in [-0.3, -0.25) is 0 Å². The Morgan fingerprint density at radius 1 is 1.33 bits per heavy atom. The fraction of sp³-hybridized carbons (Fsp3) is 0.571. The molecule has 2 atom stereocenters. The van der Waals surface area contributed by atoms with Crippen LogP contribution in [0.1, 0.15) is 26.2 Å². The molecular weight excluding hydrogens is 228 g/mol. The zero-order chi connectivity index (χ0) is 13.0. The zero-order valence-corrected chi connectivity index (χ0v) is 11.1. The Labute approximate surface area is 108 Å². The number of nitrogens with two attached hydrogens (primary N) is 1. The van der Waals surface area contributed by atoms with Crippen LogP contribution < -0.4 is 20.5 Å². The minimum absolute atomic E-state index is 0.112. The van der Waals surface area contributed by atoms with Crippen molar-refractivity contribution in [3.63, 3.8) is 0 Å². The van der Waals surface area contributed by atoms with Crippen LogP contribution in [0.5, 0.6) is 11.5 Å². The molecule has 0 bridgehead atoms. The summed E-state index contributed by atoms with van der Waals surface area (Å²) in [6.45, 7) is 3.16. The quantitative estimate of drug-likeness (QED) is 0.804. The molecule has 4 nitrogen and oxygen atoms in total. The maximum absolute atomic E-state index is 5.99. The highest BCUT2D eigenvalue weighted by Gasteiger charge is 2.21. The van der Waals surface area contributed by atoms with Gasteiger partial charge in [0.2, 0.25) is 0 Å². The summed E-state index contributed by atoms with van der Waals surface area (Å²) in [5.74, 6) is 1.45. The number of hydrogen-bond donors (Lipinski definition) is 2. The molecule has 2 unspecified atom stereocenters. The first kappa shape index (κ1) is 13.0. The van der Waals surface area contributed by atoms with Gasteiger partial charge < -0.3 is 20.5 Å². The number of ether oxygens (including phenoxy) is 2. The third-order valence-electron chi connectivity index (χ3n) is 3.42. The predicted molar refractivity (Wildman–Crippen MR) is 73.1 cm³/mol. The van der Waals surface area contributed by atoms with E-state index in [1.54, 1.807) is 7.11 Å². The first-order chi connectivity index (χ1) is 8.70. The van der Waals surface area contributed by atoms with Crippen LogP contribution in [0, 0.1) is 0 Å². The second-order valence-corrected chi connectivity index (χ2v) is 4.79. The van der Waals surface area contributed by atoms with E-state index < -0.39 is 0 Å². The summed E-state index contributed by atoms with van der Waals surface area (Å²) in [4.78, 5) is 0. The molecule has 1 fully saturated rings. The highest BCUT2D eigenvalue weighted by Crippen LogP contribution is 2.30. The molecule has 1 saturated heterocycles. The number of nitrogens with one attached hydrogen (secondary N) is 1. The highest BCUT2D eigenvalue weighted by atomic mass is 16.5. The molecule has 0 aromatic heterocycles. The summed E-state index contributed by atoms with van der Waals surface area (Å²) in [6.07, 6.45) is 3.79. The van der Waals surface area contributed by atoms with Crippen LogP contribution >= 0.6 is 0 Å².